The quantitative estimate of drug-likeness (QED) is 0.733. The molecule has 0 radical (unpaired) electrons. The minimum Gasteiger partial charge on any atom is -0.393 e. The molecule has 7 nitrogen and oxygen atoms in total. The predicted molar refractivity (Wildman–Crippen MR) is 99.0 cm³/mol. The average molecular weight is 406 g/mol. The molecule has 2 saturated heterocycles. The van der Waals surface area contributed by atoms with Gasteiger partial charge in [-0.3, -0.25) is 4.18 Å². The molecule has 0 amide bonds. The Kier molecular flexibility index (Phi) is 5.26. The zero-order valence-corrected chi connectivity index (χ0v) is 16.2. The van der Waals surface area contributed by atoms with Gasteiger partial charge in [0, 0.05) is 5.56 Å². The first-order chi connectivity index (χ1) is 13.4. The van der Waals surface area contributed by atoms with E-state index in [2.05, 4.69) is 0 Å². The van der Waals surface area contributed by atoms with Gasteiger partial charge in [-0.05, 0) is 19.1 Å². The number of aliphatic hydroxyl groups excluding tert-OH is 1. The monoisotopic (exact) mass is 406 g/mol. The number of hydrogen-bond donors (Lipinski definition) is 1. The van der Waals surface area contributed by atoms with Crippen molar-refractivity contribution >= 4 is 10.1 Å². The van der Waals surface area contributed by atoms with Crippen molar-refractivity contribution in [3.63, 3.8) is 0 Å². The van der Waals surface area contributed by atoms with Crippen LogP contribution in [0.3, 0.4) is 0 Å². The molecule has 0 bridgehead atoms. The summed E-state index contributed by atoms with van der Waals surface area (Å²) in [5, 5.41) is 9.99. The molecule has 28 heavy (non-hydrogen) atoms. The highest BCUT2D eigenvalue weighted by Crippen LogP contribution is 2.42. The van der Waals surface area contributed by atoms with Crippen molar-refractivity contribution in [1.29, 1.82) is 0 Å². The molecule has 3 unspecified atom stereocenters. The highest BCUT2D eigenvalue weighted by molar-refractivity contribution is 7.86. The van der Waals surface area contributed by atoms with Crippen molar-refractivity contribution in [2.75, 3.05) is 19.8 Å². The maximum absolute atomic E-state index is 12.5. The largest absolute Gasteiger partial charge is 0.393 e. The van der Waals surface area contributed by atoms with Crippen LogP contribution in [0.1, 0.15) is 17.4 Å². The van der Waals surface area contributed by atoms with Gasteiger partial charge in [0.25, 0.3) is 10.1 Å². The van der Waals surface area contributed by atoms with Crippen LogP contribution in [0.15, 0.2) is 59.5 Å². The number of aryl methyl sites for hydroxylation is 1. The zero-order chi connectivity index (χ0) is 19.8. The molecule has 2 aliphatic rings. The maximum Gasteiger partial charge on any atom is 0.297 e. The highest BCUT2D eigenvalue weighted by atomic mass is 32.2. The second kappa shape index (κ2) is 7.55. The SMILES string of the molecule is Cc1ccc(S(=O)(=O)OC[C@]2(CO)OCC3OC(c4ccccc4)OC32)cc1. The van der Waals surface area contributed by atoms with Crippen LogP contribution in [0.5, 0.6) is 0 Å². The Morgan fingerprint density at radius 3 is 2.50 bits per heavy atom. The van der Waals surface area contributed by atoms with E-state index < -0.39 is 40.8 Å². The minimum atomic E-state index is -3.99. The lowest BCUT2D eigenvalue weighted by Gasteiger charge is -2.30. The lowest BCUT2D eigenvalue weighted by molar-refractivity contribution is -0.168. The smallest absolute Gasteiger partial charge is 0.297 e. The van der Waals surface area contributed by atoms with Crippen LogP contribution in [-0.4, -0.2) is 51.2 Å². The van der Waals surface area contributed by atoms with E-state index in [1.807, 2.05) is 37.3 Å². The van der Waals surface area contributed by atoms with Crippen molar-refractivity contribution in [1.82, 2.24) is 0 Å². The van der Waals surface area contributed by atoms with E-state index in [1.54, 1.807) is 12.1 Å². The Morgan fingerprint density at radius 2 is 1.82 bits per heavy atom. The van der Waals surface area contributed by atoms with E-state index in [0.29, 0.717) is 0 Å². The van der Waals surface area contributed by atoms with Crippen molar-refractivity contribution in [2.45, 2.75) is 35.9 Å². The Balaban J connectivity index is 1.49. The standard InChI is InChI=1S/C20H22O7S/c1-14-7-9-16(10-8-14)28(22,23)25-13-20(12-21)18-17(11-24-20)26-19(27-18)15-5-3-2-4-6-15/h2-10,17-19,21H,11-13H2,1H3/t17?,18?,19?,20-/m0/s1. The van der Waals surface area contributed by atoms with Crippen LogP contribution >= 0.6 is 0 Å². The van der Waals surface area contributed by atoms with Gasteiger partial charge < -0.3 is 19.3 Å². The van der Waals surface area contributed by atoms with Gasteiger partial charge in [-0.25, -0.2) is 0 Å². The fourth-order valence-electron chi connectivity index (χ4n) is 3.43. The molecular weight excluding hydrogens is 384 g/mol. The summed E-state index contributed by atoms with van der Waals surface area (Å²) in [5.41, 5.74) is 0.472. The van der Waals surface area contributed by atoms with Crippen molar-refractivity contribution in [3.05, 3.63) is 65.7 Å². The van der Waals surface area contributed by atoms with Crippen LogP contribution in [0.25, 0.3) is 0 Å². The summed E-state index contributed by atoms with van der Waals surface area (Å²) in [4.78, 5) is 0.0477. The van der Waals surface area contributed by atoms with Crippen molar-refractivity contribution in [2.24, 2.45) is 0 Å². The maximum atomic E-state index is 12.5. The first-order valence-electron chi connectivity index (χ1n) is 9.00. The fourth-order valence-corrected chi connectivity index (χ4v) is 4.39. The first-order valence-corrected chi connectivity index (χ1v) is 10.4. The van der Waals surface area contributed by atoms with Crippen LogP contribution < -0.4 is 0 Å². The molecule has 0 aromatic heterocycles. The van der Waals surface area contributed by atoms with Gasteiger partial charge in [-0.15, -0.1) is 0 Å². The molecule has 2 aromatic rings. The normalized spacial score (nSPS) is 29.7. The Bertz CT molecular complexity index is 913. The third-order valence-electron chi connectivity index (χ3n) is 5.07. The third kappa shape index (κ3) is 3.59. The molecule has 2 aromatic carbocycles. The minimum absolute atomic E-state index is 0.0477. The lowest BCUT2D eigenvalue weighted by atomic mass is 9.98. The molecule has 1 N–H and O–H groups in total. The van der Waals surface area contributed by atoms with E-state index in [1.165, 1.54) is 12.1 Å². The second-order valence-electron chi connectivity index (χ2n) is 7.04. The van der Waals surface area contributed by atoms with Gasteiger partial charge in [0.05, 0.1) is 18.1 Å². The number of benzene rings is 2. The van der Waals surface area contributed by atoms with Crippen LogP contribution in [0, 0.1) is 6.92 Å². The van der Waals surface area contributed by atoms with Crippen LogP contribution in [0.2, 0.25) is 0 Å². The number of hydrogen-bond acceptors (Lipinski definition) is 7. The molecule has 2 aliphatic heterocycles. The Hall–Kier alpha value is -1.81. The van der Waals surface area contributed by atoms with Gasteiger partial charge in [0.2, 0.25) is 0 Å². The number of ether oxygens (including phenoxy) is 3. The van der Waals surface area contributed by atoms with E-state index in [4.69, 9.17) is 18.4 Å². The summed E-state index contributed by atoms with van der Waals surface area (Å²) in [6.07, 6.45) is -1.65. The molecule has 2 fully saturated rings. The summed E-state index contributed by atoms with van der Waals surface area (Å²) < 4.78 is 47.8. The van der Waals surface area contributed by atoms with Gasteiger partial charge in [-0.2, -0.15) is 8.42 Å². The van der Waals surface area contributed by atoms with Gasteiger partial charge >= 0.3 is 0 Å². The summed E-state index contributed by atoms with van der Waals surface area (Å²) >= 11 is 0. The van der Waals surface area contributed by atoms with E-state index in [9.17, 15) is 13.5 Å². The predicted octanol–water partition coefficient (Wildman–Crippen LogP) is 1.94. The van der Waals surface area contributed by atoms with Gasteiger partial charge in [0.1, 0.15) is 24.4 Å². The van der Waals surface area contributed by atoms with Crippen molar-refractivity contribution in [3.8, 4) is 0 Å². The van der Waals surface area contributed by atoms with Gasteiger partial charge in [0.15, 0.2) is 6.29 Å². The highest BCUT2D eigenvalue weighted by Gasteiger charge is 2.57. The molecular formula is C20H22O7S. The summed E-state index contributed by atoms with van der Waals surface area (Å²) in [5.74, 6) is 0. The summed E-state index contributed by atoms with van der Waals surface area (Å²) in [6.45, 7) is 1.22. The molecule has 8 heteroatoms. The van der Waals surface area contributed by atoms with Gasteiger partial charge in [-0.1, -0.05) is 48.0 Å². The van der Waals surface area contributed by atoms with Crippen LogP contribution in [-0.2, 0) is 28.5 Å². The number of aliphatic hydroxyl groups is 1. The zero-order valence-electron chi connectivity index (χ0n) is 15.4. The lowest BCUT2D eigenvalue weighted by Crippen LogP contribution is -2.50. The second-order valence-corrected chi connectivity index (χ2v) is 8.65. The molecule has 2 heterocycles. The fraction of sp³-hybridized carbons (Fsp3) is 0.400. The molecule has 0 spiro atoms. The summed E-state index contributed by atoms with van der Waals surface area (Å²) in [7, 11) is -3.99. The van der Waals surface area contributed by atoms with E-state index in [0.717, 1.165) is 11.1 Å². The first kappa shape index (κ1) is 19.5. The summed E-state index contributed by atoms with van der Waals surface area (Å²) in [6, 6.07) is 15.8. The molecule has 4 atom stereocenters. The molecule has 150 valence electrons. The third-order valence-corrected chi connectivity index (χ3v) is 6.34. The Labute approximate surface area is 163 Å². The topological polar surface area (TPSA) is 91.3 Å². The van der Waals surface area contributed by atoms with E-state index in [-0.39, 0.29) is 18.1 Å². The number of fused-ring (bicyclic) bond motifs is 1. The number of rotatable bonds is 6. The van der Waals surface area contributed by atoms with E-state index >= 15 is 0 Å². The van der Waals surface area contributed by atoms with Crippen molar-refractivity contribution < 1.29 is 31.9 Å². The molecule has 4 rings (SSSR count). The Morgan fingerprint density at radius 1 is 1.11 bits per heavy atom. The molecule has 0 aliphatic carbocycles. The average Bonchev–Trinajstić information content (AvgIpc) is 3.28. The molecule has 0 saturated carbocycles. The van der Waals surface area contributed by atoms with Crippen LogP contribution in [0.4, 0.5) is 0 Å².